The van der Waals surface area contributed by atoms with E-state index in [9.17, 15) is 10.2 Å². The summed E-state index contributed by atoms with van der Waals surface area (Å²) in [6.07, 6.45) is 6.97. The van der Waals surface area contributed by atoms with Crippen molar-refractivity contribution < 1.29 is 14.9 Å². The molecule has 2 unspecified atom stereocenters. The second-order valence-electron chi connectivity index (χ2n) is 9.77. The van der Waals surface area contributed by atoms with Crippen LogP contribution in [0, 0.1) is 5.92 Å². The maximum Gasteiger partial charge on any atom is 0.0967 e. The van der Waals surface area contributed by atoms with Gasteiger partial charge in [-0.2, -0.15) is 0 Å². The lowest BCUT2D eigenvalue weighted by Crippen LogP contribution is -2.46. The fourth-order valence-electron chi connectivity index (χ4n) is 5.49. The molecule has 2 fully saturated rings. The molecule has 0 aromatic carbocycles. The van der Waals surface area contributed by atoms with Crippen molar-refractivity contribution in [1.29, 1.82) is 0 Å². The van der Waals surface area contributed by atoms with Crippen LogP contribution in [0.2, 0.25) is 0 Å². The predicted octanol–water partition coefficient (Wildman–Crippen LogP) is 2.95. The van der Waals surface area contributed by atoms with Gasteiger partial charge < -0.3 is 14.9 Å². The van der Waals surface area contributed by atoms with Gasteiger partial charge in [-0.1, -0.05) is 19.1 Å². The van der Waals surface area contributed by atoms with Gasteiger partial charge in [0, 0.05) is 47.9 Å². The van der Waals surface area contributed by atoms with Gasteiger partial charge in [0.05, 0.1) is 31.1 Å². The number of aliphatic hydroxyl groups is 2. The van der Waals surface area contributed by atoms with E-state index in [1.807, 2.05) is 22.2 Å². The Morgan fingerprint density at radius 3 is 2.88 bits per heavy atom. The third-order valence-electron chi connectivity index (χ3n) is 7.48. The molecule has 4 rings (SSSR count). The van der Waals surface area contributed by atoms with Crippen LogP contribution in [-0.2, 0) is 29.5 Å². The number of aliphatic hydroxyl groups excluding tert-OH is 2. The topological polar surface area (TPSA) is 83.6 Å². The van der Waals surface area contributed by atoms with Crippen molar-refractivity contribution in [3.63, 3.8) is 0 Å². The minimum Gasteiger partial charge on any atom is -0.396 e. The third kappa shape index (κ3) is 4.94. The number of rotatable bonds is 9. The van der Waals surface area contributed by atoms with Crippen LogP contribution in [0.4, 0.5) is 0 Å². The zero-order valence-electron chi connectivity index (χ0n) is 19.7. The molecule has 0 aliphatic carbocycles. The van der Waals surface area contributed by atoms with Crippen LogP contribution >= 0.6 is 11.3 Å². The first-order chi connectivity index (χ1) is 15.5. The first-order valence-electron chi connectivity index (χ1n) is 12.0. The highest BCUT2D eigenvalue weighted by molar-refractivity contribution is 7.12. The average Bonchev–Trinajstić information content (AvgIpc) is 3.53. The highest BCUT2D eigenvalue weighted by Gasteiger charge is 2.38. The quantitative estimate of drug-likeness (QED) is 0.596. The fraction of sp³-hybridized carbons (Fsp3) is 0.750. The lowest BCUT2D eigenvalue weighted by Gasteiger charge is -2.44. The number of hydrogen-bond acceptors (Lipinski definition) is 7. The Kier molecular flexibility index (Phi) is 7.67. The number of aryl methyl sites for hydroxylation is 1. The summed E-state index contributed by atoms with van der Waals surface area (Å²) < 4.78 is 7.34. The summed E-state index contributed by atoms with van der Waals surface area (Å²) >= 11 is 1.87. The van der Waals surface area contributed by atoms with Crippen LogP contribution in [0.15, 0.2) is 12.3 Å². The van der Waals surface area contributed by atoms with Gasteiger partial charge in [-0.05, 0) is 56.2 Å². The molecule has 2 aliphatic rings. The van der Waals surface area contributed by atoms with E-state index >= 15 is 0 Å². The molecule has 0 amide bonds. The van der Waals surface area contributed by atoms with Crippen LogP contribution in [0.5, 0.6) is 0 Å². The molecule has 2 aromatic rings. The van der Waals surface area contributed by atoms with Crippen molar-refractivity contribution in [2.24, 2.45) is 5.92 Å². The molecular weight excluding hydrogens is 424 g/mol. The maximum absolute atomic E-state index is 9.89. The van der Waals surface area contributed by atoms with Crippen LogP contribution in [0.3, 0.4) is 0 Å². The van der Waals surface area contributed by atoms with Gasteiger partial charge in [0.1, 0.15) is 0 Å². The monoisotopic (exact) mass is 462 g/mol. The molecule has 7 nitrogen and oxygen atoms in total. The Morgan fingerprint density at radius 1 is 1.38 bits per heavy atom. The van der Waals surface area contributed by atoms with Gasteiger partial charge in [0.25, 0.3) is 0 Å². The maximum atomic E-state index is 9.89. The molecule has 2 N–H and O–H groups in total. The lowest BCUT2D eigenvalue weighted by atomic mass is 9.72. The zero-order valence-corrected chi connectivity index (χ0v) is 20.5. The predicted molar refractivity (Wildman–Crippen MR) is 126 cm³/mol. The summed E-state index contributed by atoms with van der Waals surface area (Å²) in [6, 6.07) is 2.77. The van der Waals surface area contributed by atoms with E-state index in [2.05, 4.69) is 42.0 Å². The fourth-order valence-corrected chi connectivity index (χ4v) is 6.74. The van der Waals surface area contributed by atoms with Crippen molar-refractivity contribution in [3.05, 3.63) is 33.3 Å². The highest BCUT2D eigenvalue weighted by atomic mass is 32.1. The smallest absolute Gasteiger partial charge is 0.0967 e. The Balaban J connectivity index is 1.42. The third-order valence-corrected chi connectivity index (χ3v) is 8.82. The summed E-state index contributed by atoms with van der Waals surface area (Å²) in [4.78, 5) is 5.28. The van der Waals surface area contributed by atoms with Crippen molar-refractivity contribution in [3.8, 4) is 0 Å². The minimum absolute atomic E-state index is 0.0582. The zero-order chi connectivity index (χ0) is 22.7. The largest absolute Gasteiger partial charge is 0.396 e. The van der Waals surface area contributed by atoms with E-state index in [1.54, 1.807) is 0 Å². The summed E-state index contributed by atoms with van der Waals surface area (Å²) in [7, 11) is 0. The number of ether oxygens (including phenoxy) is 1. The van der Waals surface area contributed by atoms with E-state index in [4.69, 9.17) is 4.74 Å². The molecule has 4 heterocycles. The van der Waals surface area contributed by atoms with Gasteiger partial charge >= 0.3 is 0 Å². The normalized spacial score (nSPS) is 27.8. The van der Waals surface area contributed by atoms with Crippen molar-refractivity contribution in [2.45, 2.75) is 76.9 Å². The molecule has 2 aromatic heterocycles. The molecule has 0 spiro atoms. The Hall–Kier alpha value is -1.32. The van der Waals surface area contributed by atoms with Crippen molar-refractivity contribution in [1.82, 2.24) is 19.9 Å². The first-order valence-corrected chi connectivity index (χ1v) is 12.8. The molecule has 2 aliphatic heterocycles. The highest BCUT2D eigenvalue weighted by Crippen LogP contribution is 2.42. The first kappa shape index (κ1) is 23.8. The van der Waals surface area contributed by atoms with E-state index in [0.29, 0.717) is 18.6 Å². The molecular formula is C24H38N4O3S. The Morgan fingerprint density at radius 2 is 2.22 bits per heavy atom. The van der Waals surface area contributed by atoms with Gasteiger partial charge in [-0.3, -0.25) is 4.90 Å². The van der Waals surface area contributed by atoms with Crippen LogP contribution in [0.25, 0.3) is 0 Å². The number of thiophene rings is 1. The average molecular weight is 463 g/mol. The number of hydrogen-bond donors (Lipinski definition) is 2. The minimum atomic E-state index is -0.0582. The number of aromatic nitrogens is 3. The number of likely N-dealkylation sites (tertiary alicyclic amines) is 1. The van der Waals surface area contributed by atoms with E-state index in [0.717, 1.165) is 57.5 Å². The second-order valence-corrected chi connectivity index (χ2v) is 11.0. The lowest BCUT2D eigenvalue weighted by molar-refractivity contribution is 0.101. The van der Waals surface area contributed by atoms with Crippen LogP contribution < -0.4 is 0 Å². The molecule has 0 radical (unpaired) electrons. The van der Waals surface area contributed by atoms with Crippen LogP contribution in [-0.4, -0.2) is 69.1 Å². The Labute approximate surface area is 195 Å². The van der Waals surface area contributed by atoms with Gasteiger partial charge in [-0.25, -0.2) is 4.68 Å². The number of nitrogens with zero attached hydrogens (tertiary/aromatic N) is 4. The summed E-state index contributed by atoms with van der Waals surface area (Å²) in [5.41, 5.74) is 2.56. The summed E-state index contributed by atoms with van der Waals surface area (Å²) in [5.74, 6) is 0.302. The summed E-state index contributed by atoms with van der Waals surface area (Å²) in [5, 5.41) is 28.2. The molecule has 8 heteroatoms. The van der Waals surface area contributed by atoms with Crippen molar-refractivity contribution >= 4 is 11.3 Å². The van der Waals surface area contributed by atoms with Gasteiger partial charge in [0.2, 0.25) is 0 Å². The van der Waals surface area contributed by atoms with E-state index in [-0.39, 0.29) is 24.7 Å². The molecule has 0 saturated carbocycles. The standard InChI is InChI=1S/C24H38N4O3S/c1-4-20-11-21(23(32-20)5-9-29)24(3)7-8-27(17(2)12-24)13-19-14-28(26-25-19)22(15-30)18-6-10-31-16-18/h11,14,17-18,22,29-30H,4-10,12-13,15-16H2,1-3H3/t17-,18?,22?,24-/m0/s1. The van der Waals surface area contributed by atoms with Crippen molar-refractivity contribution in [2.75, 3.05) is 33.0 Å². The van der Waals surface area contributed by atoms with E-state index < -0.39 is 0 Å². The van der Waals surface area contributed by atoms with Gasteiger partial charge in [0.15, 0.2) is 0 Å². The Bertz CT molecular complexity index is 878. The van der Waals surface area contributed by atoms with Crippen LogP contribution in [0.1, 0.15) is 67.1 Å². The molecule has 32 heavy (non-hydrogen) atoms. The second kappa shape index (κ2) is 10.3. The molecule has 2 saturated heterocycles. The molecule has 0 bridgehead atoms. The number of piperidine rings is 1. The van der Waals surface area contributed by atoms with E-state index in [1.165, 1.54) is 15.3 Å². The molecule has 4 atom stereocenters. The summed E-state index contributed by atoms with van der Waals surface area (Å²) in [6.45, 7) is 10.4. The SMILES string of the molecule is CCc1cc([C@@]2(C)CCN(Cc3cn(C(CO)C4CCOC4)nn3)[C@@H](C)C2)c(CCO)s1. The molecule has 178 valence electrons. The van der Waals surface area contributed by atoms with Gasteiger partial charge in [-0.15, -0.1) is 16.4 Å².